The molecule has 0 saturated carbocycles. The summed E-state index contributed by atoms with van der Waals surface area (Å²) in [6.07, 6.45) is 3.76. The largest absolute Gasteiger partial charge is 0.240 e. The van der Waals surface area contributed by atoms with E-state index < -0.39 is 0 Å². The molecule has 94 valence electrons. The minimum Gasteiger partial charge on any atom is -0.240 e. The fourth-order valence-corrected chi connectivity index (χ4v) is 4.07. The Morgan fingerprint density at radius 3 is 2.58 bits per heavy atom. The van der Waals surface area contributed by atoms with Crippen molar-refractivity contribution in [2.75, 3.05) is 0 Å². The Morgan fingerprint density at radius 1 is 1.11 bits per heavy atom. The quantitative estimate of drug-likeness (QED) is 0.669. The molecule has 0 saturated heterocycles. The molecule has 4 heteroatoms. The molecule has 19 heavy (non-hydrogen) atoms. The first-order valence-corrected chi connectivity index (χ1v) is 7.53. The highest BCUT2D eigenvalue weighted by Gasteiger charge is 2.26. The Labute approximate surface area is 120 Å². The molecular weight excluding hydrogens is 276 g/mol. The third-order valence-corrected chi connectivity index (χ3v) is 5.11. The molecule has 0 aliphatic heterocycles. The molecule has 0 N–H and O–H groups in total. The summed E-state index contributed by atoms with van der Waals surface area (Å²) in [7, 11) is 0. The van der Waals surface area contributed by atoms with Crippen molar-refractivity contribution >= 4 is 33.2 Å². The lowest BCUT2D eigenvalue weighted by molar-refractivity contribution is 0.720. The van der Waals surface area contributed by atoms with Gasteiger partial charge in [-0.3, -0.25) is 0 Å². The lowest BCUT2D eigenvalue weighted by Crippen LogP contribution is -2.02. The van der Waals surface area contributed by atoms with Crippen molar-refractivity contribution < 1.29 is 0 Å². The zero-order valence-corrected chi connectivity index (χ0v) is 11.7. The van der Waals surface area contributed by atoms with Crippen molar-refractivity contribution in [3.63, 3.8) is 0 Å². The van der Waals surface area contributed by atoms with Crippen LogP contribution in [0, 0.1) is 0 Å². The van der Waals surface area contributed by atoms with Gasteiger partial charge in [0.1, 0.15) is 11.2 Å². The molecule has 0 bridgehead atoms. The van der Waals surface area contributed by atoms with Crippen LogP contribution in [0.15, 0.2) is 36.0 Å². The standard InChI is InChI=1S/C15H11ClN2S/c16-12-7-19-15-13(12)14(17-8-18-15)11-5-9-3-1-2-4-10(9)6-11/h1-4,7-8,11H,5-6H2. The van der Waals surface area contributed by atoms with Gasteiger partial charge in [0.05, 0.1) is 16.1 Å². The zero-order chi connectivity index (χ0) is 12.8. The first-order chi connectivity index (χ1) is 9.33. The van der Waals surface area contributed by atoms with Gasteiger partial charge >= 0.3 is 0 Å². The molecular formula is C15H11ClN2S. The molecule has 0 amide bonds. The maximum absolute atomic E-state index is 6.30. The SMILES string of the molecule is Clc1csc2ncnc(C3Cc4ccccc4C3)c12. The molecule has 0 radical (unpaired) electrons. The second kappa shape index (κ2) is 4.29. The molecule has 2 heterocycles. The van der Waals surface area contributed by atoms with Crippen molar-refractivity contribution in [1.29, 1.82) is 0 Å². The summed E-state index contributed by atoms with van der Waals surface area (Å²) in [5.41, 5.74) is 3.98. The summed E-state index contributed by atoms with van der Waals surface area (Å²) in [5, 5.41) is 3.78. The van der Waals surface area contributed by atoms with Crippen LogP contribution in [-0.2, 0) is 12.8 Å². The Bertz CT molecular complexity index is 741. The lowest BCUT2D eigenvalue weighted by atomic mass is 10.00. The summed E-state index contributed by atoms with van der Waals surface area (Å²) >= 11 is 7.89. The Hall–Kier alpha value is -1.45. The first kappa shape index (κ1) is 11.4. The predicted octanol–water partition coefficient (Wildman–Crippen LogP) is 4.23. The van der Waals surface area contributed by atoms with Crippen LogP contribution in [0.3, 0.4) is 0 Å². The number of hydrogen-bond acceptors (Lipinski definition) is 3. The molecule has 0 fully saturated rings. The average Bonchev–Trinajstić information content (AvgIpc) is 3.03. The van der Waals surface area contributed by atoms with E-state index in [1.165, 1.54) is 11.1 Å². The normalized spacial score (nSPS) is 15.0. The zero-order valence-electron chi connectivity index (χ0n) is 10.1. The highest BCUT2D eigenvalue weighted by molar-refractivity contribution is 7.17. The summed E-state index contributed by atoms with van der Waals surface area (Å²) < 4.78 is 0. The summed E-state index contributed by atoms with van der Waals surface area (Å²) in [6, 6.07) is 8.63. The molecule has 3 aromatic rings. The molecule has 4 rings (SSSR count). The van der Waals surface area contributed by atoms with Gasteiger partial charge in [-0.1, -0.05) is 35.9 Å². The Kier molecular flexibility index (Phi) is 2.57. The van der Waals surface area contributed by atoms with Crippen LogP contribution in [0.25, 0.3) is 10.2 Å². The summed E-state index contributed by atoms with van der Waals surface area (Å²) in [5.74, 6) is 0.426. The van der Waals surface area contributed by atoms with Gasteiger partial charge in [0.15, 0.2) is 0 Å². The fourth-order valence-electron chi connectivity index (χ4n) is 2.92. The second-order valence-corrected chi connectivity index (χ2v) is 6.16. The molecule has 1 aliphatic rings. The number of nitrogens with zero attached hydrogens (tertiary/aromatic N) is 2. The molecule has 0 unspecified atom stereocenters. The number of thiophene rings is 1. The van der Waals surface area contributed by atoms with Crippen LogP contribution in [0.5, 0.6) is 0 Å². The van der Waals surface area contributed by atoms with E-state index in [0.717, 1.165) is 33.8 Å². The molecule has 2 nitrogen and oxygen atoms in total. The van der Waals surface area contributed by atoms with Crippen molar-refractivity contribution in [2.24, 2.45) is 0 Å². The Balaban J connectivity index is 1.83. The van der Waals surface area contributed by atoms with Gasteiger partial charge in [-0.05, 0) is 24.0 Å². The van der Waals surface area contributed by atoms with E-state index in [2.05, 4.69) is 34.2 Å². The molecule has 2 aromatic heterocycles. The molecule has 1 aromatic carbocycles. The smallest absolute Gasteiger partial charge is 0.128 e. The van der Waals surface area contributed by atoms with Crippen LogP contribution in [-0.4, -0.2) is 9.97 Å². The fraction of sp³-hybridized carbons (Fsp3) is 0.200. The minimum atomic E-state index is 0.426. The maximum atomic E-state index is 6.30. The van der Waals surface area contributed by atoms with E-state index in [9.17, 15) is 0 Å². The van der Waals surface area contributed by atoms with E-state index in [1.807, 2.05) is 5.38 Å². The van der Waals surface area contributed by atoms with Gasteiger partial charge in [-0.2, -0.15) is 0 Å². The van der Waals surface area contributed by atoms with Crippen molar-refractivity contribution in [2.45, 2.75) is 18.8 Å². The molecule has 1 aliphatic carbocycles. The number of benzene rings is 1. The van der Waals surface area contributed by atoms with E-state index in [1.54, 1.807) is 17.7 Å². The van der Waals surface area contributed by atoms with E-state index in [0.29, 0.717) is 5.92 Å². The number of fused-ring (bicyclic) bond motifs is 2. The van der Waals surface area contributed by atoms with Crippen LogP contribution >= 0.6 is 22.9 Å². The third kappa shape index (κ3) is 1.77. The maximum Gasteiger partial charge on any atom is 0.128 e. The monoisotopic (exact) mass is 286 g/mol. The minimum absolute atomic E-state index is 0.426. The van der Waals surface area contributed by atoms with Crippen LogP contribution in [0.2, 0.25) is 5.02 Å². The third-order valence-electron chi connectivity index (χ3n) is 3.79. The van der Waals surface area contributed by atoms with Crippen molar-refractivity contribution in [3.05, 3.63) is 57.8 Å². The molecule has 0 spiro atoms. The van der Waals surface area contributed by atoms with E-state index in [4.69, 9.17) is 11.6 Å². The van der Waals surface area contributed by atoms with Gasteiger partial charge in [0.2, 0.25) is 0 Å². The van der Waals surface area contributed by atoms with Crippen molar-refractivity contribution in [3.8, 4) is 0 Å². The first-order valence-electron chi connectivity index (χ1n) is 6.27. The lowest BCUT2D eigenvalue weighted by Gasteiger charge is -2.09. The number of hydrogen-bond donors (Lipinski definition) is 0. The summed E-state index contributed by atoms with van der Waals surface area (Å²) in [4.78, 5) is 9.81. The second-order valence-electron chi connectivity index (χ2n) is 4.90. The van der Waals surface area contributed by atoms with Gasteiger partial charge in [0.25, 0.3) is 0 Å². The highest BCUT2D eigenvalue weighted by Crippen LogP contribution is 2.39. The van der Waals surface area contributed by atoms with Crippen molar-refractivity contribution in [1.82, 2.24) is 9.97 Å². The number of halogens is 1. The van der Waals surface area contributed by atoms with Gasteiger partial charge in [0, 0.05) is 11.3 Å². The number of rotatable bonds is 1. The van der Waals surface area contributed by atoms with Gasteiger partial charge in [-0.15, -0.1) is 11.3 Å². The van der Waals surface area contributed by atoms with Crippen LogP contribution < -0.4 is 0 Å². The topological polar surface area (TPSA) is 25.8 Å². The van der Waals surface area contributed by atoms with Gasteiger partial charge in [-0.25, -0.2) is 9.97 Å². The summed E-state index contributed by atoms with van der Waals surface area (Å²) in [6.45, 7) is 0. The van der Waals surface area contributed by atoms with Crippen LogP contribution in [0.1, 0.15) is 22.7 Å². The number of aromatic nitrogens is 2. The molecule has 0 atom stereocenters. The van der Waals surface area contributed by atoms with Gasteiger partial charge < -0.3 is 0 Å². The Morgan fingerprint density at radius 2 is 1.84 bits per heavy atom. The van der Waals surface area contributed by atoms with Crippen LogP contribution in [0.4, 0.5) is 0 Å². The highest BCUT2D eigenvalue weighted by atomic mass is 35.5. The van der Waals surface area contributed by atoms with E-state index in [-0.39, 0.29) is 0 Å². The van der Waals surface area contributed by atoms with E-state index >= 15 is 0 Å². The average molecular weight is 287 g/mol. The predicted molar refractivity (Wildman–Crippen MR) is 79.0 cm³/mol.